The van der Waals surface area contributed by atoms with Gasteiger partial charge in [-0.05, 0) is 49.4 Å². The molecule has 1 nitrogen and oxygen atoms in total. The highest BCUT2D eigenvalue weighted by Gasteiger charge is 2.43. The first kappa shape index (κ1) is 17.0. The van der Waals surface area contributed by atoms with Gasteiger partial charge in [0, 0.05) is 0 Å². The van der Waals surface area contributed by atoms with Crippen molar-refractivity contribution in [1.29, 1.82) is 0 Å². The molecule has 0 aromatic carbocycles. The zero-order chi connectivity index (χ0) is 14.8. The van der Waals surface area contributed by atoms with Gasteiger partial charge >= 0.3 is 0 Å². The Labute approximate surface area is 121 Å². The molecule has 5 atom stereocenters. The van der Waals surface area contributed by atoms with E-state index in [1.807, 2.05) is 0 Å². The zero-order valence-corrected chi connectivity index (χ0v) is 14.5. The Bertz CT molecular complexity index is 267. The average Bonchev–Trinajstić information content (AvgIpc) is 3.10. The van der Waals surface area contributed by atoms with Crippen LogP contribution < -0.4 is 0 Å². The normalized spacial score (nSPS) is 25.7. The molecule has 1 heteroatoms. The van der Waals surface area contributed by atoms with Crippen molar-refractivity contribution in [2.75, 3.05) is 0 Å². The van der Waals surface area contributed by atoms with Gasteiger partial charge in [-0.25, -0.2) is 0 Å². The van der Waals surface area contributed by atoms with Crippen molar-refractivity contribution in [3.05, 3.63) is 0 Å². The van der Waals surface area contributed by atoms with Crippen LogP contribution in [0.2, 0.25) is 0 Å². The molecule has 0 bridgehead atoms. The summed E-state index contributed by atoms with van der Waals surface area (Å²) in [5, 5.41) is 0. The second-order valence-corrected chi connectivity index (χ2v) is 7.74. The summed E-state index contributed by atoms with van der Waals surface area (Å²) >= 11 is 0. The Kier molecular flexibility index (Phi) is 5.92. The molecule has 19 heavy (non-hydrogen) atoms. The molecule has 1 saturated carbocycles. The predicted octanol–water partition coefficient (Wildman–Crippen LogP) is 5.53. The van der Waals surface area contributed by atoms with E-state index in [1.54, 1.807) is 0 Å². The van der Waals surface area contributed by atoms with E-state index in [-0.39, 0.29) is 5.60 Å². The summed E-state index contributed by atoms with van der Waals surface area (Å²) in [4.78, 5) is 0. The lowest BCUT2D eigenvalue weighted by Gasteiger charge is -2.38. The first-order valence-electron chi connectivity index (χ1n) is 8.39. The van der Waals surface area contributed by atoms with Crippen molar-refractivity contribution >= 4 is 0 Å². The molecule has 0 heterocycles. The number of hydrogen-bond donors (Lipinski definition) is 0. The van der Waals surface area contributed by atoms with Crippen LogP contribution in [0.15, 0.2) is 0 Å². The quantitative estimate of drug-likeness (QED) is 0.562. The van der Waals surface area contributed by atoms with E-state index in [0.717, 1.165) is 17.8 Å². The fraction of sp³-hybridized carbons (Fsp3) is 1.00. The lowest BCUT2D eigenvalue weighted by Crippen LogP contribution is -2.38. The Morgan fingerprint density at radius 2 is 1.42 bits per heavy atom. The highest BCUT2D eigenvalue weighted by Crippen LogP contribution is 2.44. The maximum Gasteiger partial charge on any atom is 0.0660 e. The van der Waals surface area contributed by atoms with Crippen LogP contribution in [-0.2, 0) is 4.74 Å². The minimum Gasteiger partial charge on any atom is -0.371 e. The molecule has 114 valence electrons. The van der Waals surface area contributed by atoms with Crippen molar-refractivity contribution in [1.82, 2.24) is 0 Å². The van der Waals surface area contributed by atoms with Gasteiger partial charge in [-0.15, -0.1) is 0 Å². The monoisotopic (exact) mass is 268 g/mol. The van der Waals surface area contributed by atoms with Crippen LogP contribution in [0.4, 0.5) is 0 Å². The molecule has 0 saturated heterocycles. The molecule has 1 aliphatic carbocycles. The van der Waals surface area contributed by atoms with Gasteiger partial charge in [-0.1, -0.05) is 54.9 Å². The fourth-order valence-electron chi connectivity index (χ4n) is 2.98. The molecule has 0 amide bonds. The van der Waals surface area contributed by atoms with Gasteiger partial charge in [0.05, 0.1) is 11.7 Å². The van der Waals surface area contributed by atoms with Crippen LogP contribution >= 0.6 is 0 Å². The Morgan fingerprint density at radius 1 is 0.895 bits per heavy atom. The summed E-state index contributed by atoms with van der Waals surface area (Å²) in [7, 11) is 0. The molecule has 0 spiro atoms. The number of hydrogen-bond acceptors (Lipinski definition) is 1. The van der Waals surface area contributed by atoms with Crippen molar-refractivity contribution < 1.29 is 4.74 Å². The summed E-state index contributed by atoms with van der Waals surface area (Å²) in [5.41, 5.74) is 0.198. The van der Waals surface area contributed by atoms with E-state index in [9.17, 15) is 0 Å². The first-order chi connectivity index (χ1) is 8.72. The number of rotatable bonds is 8. The third kappa shape index (κ3) is 4.48. The highest BCUT2D eigenvalue weighted by molar-refractivity contribution is 4.93. The second-order valence-electron chi connectivity index (χ2n) is 7.74. The van der Waals surface area contributed by atoms with Crippen LogP contribution in [0, 0.1) is 29.6 Å². The molecule has 0 aromatic rings. The van der Waals surface area contributed by atoms with Gasteiger partial charge in [0.25, 0.3) is 0 Å². The molecule has 1 fully saturated rings. The second kappa shape index (κ2) is 6.61. The molecular weight excluding hydrogens is 232 g/mol. The SMILES string of the molecule is CCC(C)C(OC1(C)CC1)C(C)C(C)C(C)C(C)C. The standard InChI is InChI=1S/C18H36O/c1-9-13(4)17(19-18(8)10-11-18)16(7)15(6)14(5)12(2)3/h12-17H,9-11H2,1-8H3. The van der Waals surface area contributed by atoms with Crippen molar-refractivity contribution in [3.63, 3.8) is 0 Å². The molecule has 5 unspecified atom stereocenters. The Balaban J connectivity index is 2.72. The summed E-state index contributed by atoms with van der Waals surface area (Å²) in [6, 6.07) is 0. The maximum absolute atomic E-state index is 6.51. The van der Waals surface area contributed by atoms with Crippen LogP contribution in [0.5, 0.6) is 0 Å². The zero-order valence-electron chi connectivity index (χ0n) is 14.5. The third-order valence-corrected chi connectivity index (χ3v) is 5.81. The molecule has 1 aliphatic rings. The van der Waals surface area contributed by atoms with E-state index >= 15 is 0 Å². The summed E-state index contributed by atoms with van der Waals surface area (Å²) in [6.45, 7) is 18.9. The van der Waals surface area contributed by atoms with Gasteiger partial charge in [0.2, 0.25) is 0 Å². The third-order valence-electron chi connectivity index (χ3n) is 5.81. The fourth-order valence-corrected chi connectivity index (χ4v) is 2.98. The van der Waals surface area contributed by atoms with Crippen LogP contribution in [0.25, 0.3) is 0 Å². The van der Waals surface area contributed by atoms with E-state index < -0.39 is 0 Å². The lowest BCUT2D eigenvalue weighted by molar-refractivity contribution is -0.0903. The van der Waals surface area contributed by atoms with Gasteiger partial charge in [-0.2, -0.15) is 0 Å². The van der Waals surface area contributed by atoms with E-state index in [0.29, 0.717) is 17.9 Å². The van der Waals surface area contributed by atoms with Crippen molar-refractivity contribution in [2.45, 2.75) is 86.4 Å². The van der Waals surface area contributed by atoms with Crippen molar-refractivity contribution in [2.24, 2.45) is 29.6 Å². The Hall–Kier alpha value is -0.0400. The molecule has 0 radical (unpaired) electrons. The first-order valence-corrected chi connectivity index (χ1v) is 8.39. The molecule has 0 N–H and O–H groups in total. The van der Waals surface area contributed by atoms with Crippen LogP contribution in [0.1, 0.15) is 74.7 Å². The predicted molar refractivity (Wildman–Crippen MR) is 84.3 cm³/mol. The van der Waals surface area contributed by atoms with Crippen LogP contribution in [0.3, 0.4) is 0 Å². The maximum atomic E-state index is 6.51. The van der Waals surface area contributed by atoms with Gasteiger partial charge in [0.1, 0.15) is 0 Å². The van der Waals surface area contributed by atoms with Gasteiger partial charge in [0.15, 0.2) is 0 Å². The number of ether oxygens (including phenoxy) is 1. The van der Waals surface area contributed by atoms with Gasteiger partial charge < -0.3 is 4.74 Å². The minimum absolute atomic E-state index is 0.198. The van der Waals surface area contributed by atoms with E-state index in [4.69, 9.17) is 4.74 Å². The lowest BCUT2D eigenvalue weighted by atomic mass is 9.74. The average molecular weight is 268 g/mol. The smallest absolute Gasteiger partial charge is 0.0660 e. The van der Waals surface area contributed by atoms with Crippen LogP contribution in [-0.4, -0.2) is 11.7 Å². The largest absolute Gasteiger partial charge is 0.371 e. The summed E-state index contributed by atoms with van der Waals surface area (Å²) in [6.07, 6.45) is 4.14. The molecule has 0 aliphatic heterocycles. The summed E-state index contributed by atoms with van der Waals surface area (Å²) in [5.74, 6) is 3.55. The summed E-state index contributed by atoms with van der Waals surface area (Å²) < 4.78 is 6.51. The topological polar surface area (TPSA) is 9.23 Å². The van der Waals surface area contributed by atoms with E-state index in [2.05, 4.69) is 55.4 Å². The highest BCUT2D eigenvalue weighted by atomic mass is 16.5. The van der Waals surface area contributed by atoms with E-state index in [1.165, 1.54) is 19.3 Å². The van der Waals surface area contributed by atoms with Gasteiger partial charge in [-0.3, -0.25) is 0 Å². The molecule has 0 aromatic heterocycles. The molecular formula is C18H36O. The minimum atomic E-state index is 0.198. The molecule has 1 rings (SSSR count). The van der Waals surface area contributed by atoms with Crippen molar-refractivity contribution in [3.8, 4) is 0 Å². The Morgan fingerprint density at radius 3 is 1.79 bits per heavy atom.